The summed E-state index contributed by atoms with van der Waals surface area (Å²) >= 11 is 8.76. The number of thiophene rings is 1. The fraction of sp³-hybridized carbons (Fsp3) is 0.143. The minimum absolute atomic E-state index is 0.101. The molecule has 0 bridgehead atoms. The van der Waals surface area contributed by atoms with Gasteiger partial charge in [0.2, 0.25) is 5.91 Å². The molecule has 0 saturated heterocycles. The van der Waals surface area contributed by atoms with Crippen LogP contribution in [0.2, 0.25) is 5.02 Å². The minimum atomic E-state index is -0.101. The Hall–Kier alpha value is -1.48. The van der Waals surface area contributed by atoms with Gasteiger partial charge in [-0.1, -0.05) is 23.7 Å². The molecule has 0 aliphatic rings. The highest BCUT2D eigenvalue weighted by molar-refractivity contribution is 7.99. The van der Waals surface area contributed by atoms with Crippen molar-refractivity contribution in [2.24, 2.45) is 0 Å². The van der Waals surface area contributed by atoms with Gasteiger partial charge in [0.15, 0.2) is 0 Å². The molecule has 3 nitrogen and oxygen atoms in total. The molecular weight excluding hydrogens is 312 g/mol. The van der Waals surface area contributed by atoms with Gasteiger partial charge in [0.25, 0.3) is 0 Å². The highest BCUT2D eigenvalue weighted by Crippen LogP contribution is 2.23. The predicted octanol–water partition coefficient (Wildman–Crippen LogP) is 4.15. The highest BCUT2D eigenvalue weighted by atomic mass is 35.5. The molecule has 0 saturated carbocycles. The van der Waals surface area contributed by atoms with Gasteiger partial charge in [-0.25, -0.2) is 0 Å². The fourth-order valence-corrected chi connectivity index (χ4v) is 3.29. The van der Waals surface area contributed by atoms with Crippen LogP contribution in [0.15, 0.2) is 35.7 Å². The standard InChI is InChI=1S/C14H11ClN2OS2/c15-12-3-1-2-10(6-12)8-19-9-13(18)17-14-11(7-16)4-5-20-14/h1-6H,8-9H2,(H,17,18). The number of thioether (sulfide) groups is 1. The Labute approximate surface area is 130 Å². The van der Waals surface area contributed by atoms with E-state index in [9.17, 15) is 4.79 Å². The second-order valence-electron chi connectivity index (χ2n) is 3.95. The maximum Gasteiger partial charge on any atom is 0.235 e. The molecule has 1 aromatic carbocycles. The van der Waals surface area contributed by atoms with Gasteiger partial charge >= 0.3 is 0 Å². The van der Waals surface area contributed by atoms with Crippen LogP contribution in [0.3, 0.4) is 0 Å². The lowest BCUT2D eigenvalue weighted by Crippen LogP contribution is -2.13. The van der Waals surface area contributed by atoms with Crippen molar-refractivity contribution < 1.29 is 4.79 Å². The van der Waals surface area contributed by atoms with Crippen molar-refractivity contribution >= 4 is 45.6 Å². The summed E-state index contributed by atoms with van der Waals surface area (Å²) in [6.07, 6.45) is 0. The number of hydrogen-bond donors (Lipinski definition) is 1. The van der Waals surface area contributed by atoms with Gasteiger partial charge < -0.3 is 5.32 Å². The topological polar surface area (TPSA) is 52.9 Å². The molecule has 0 unspecified atom stereocenters. The van der Waals surface area contributed by atoms with Crippen LogP contribution < -0.4 is 5.32 Å². The lowest BCUT2D eigenvalue weighted by atomic mass is 10.2. The smallest absolute Gasteiger partial charge is 0.235 e. The zero-order valence-corrected chi connectivity index (χ0v) is 12.8. The van der Waals surface area contributed by atoms with E-state index in [1.807, 2.05) is 30.3 Å². The Balaban J connectivity index is 1.80. The summed E-state index contributed by atoms with van der Waals surface area (Å²) in [6.45, 7) is 0. The van der Waals surface area contributed by atoms with Crippen molar-refractivity contribution in [3.05, 3.63) is 51.9 Å². The molecule has 102 valence electrons. The summed E-state index contributed by atoms with van der Waals surface area (Å²) in [5.74, 6) is 0.967. The van der Waals surface area contributed by atoms with E-state index in [0.29, 0.717) is 21.3 Å². The number of benzene rings is 1. The maximum atomic E-state index is 11.8. The number of carbonyl (C=O) groups excluding carboxylic acids is 1. The SMILES string of the molecule is N#Cc1ccsc1NC(=O)CSCc1cccc(Cl)c1. The molecule has 0 atom stereocenters. The van der Waals surface area contributed by atoms with Gasteiger partial charge in [0.05, 0.1) is 11.3 Å². The Morgan fingerprint density at radius 2 is 2.30 bits per heavy atom. The van der Waals surface area contributed by atoms with Gasteiger partial charge in [-0.05, 0) is 29.1 Å². The number of carbonyl (C=O) groups is 1. The summed E-state index contributed by atoms with van der Waals surface area (Å²) in [5, 5.41) is 14.7. The van der Waals surface area contributed by atoms with E-state index in [4.69, 9.17) is 16.9 Å². The number of rotatable bonds is 5. The molecule has 2 rings (SSSR count). The molecule has 1 N–H and O–H groups in total. The van der Waals surface area contributed by atoms with Gasteiger partial charge in [0, 0.05) is 10.8 Å². The quantitative estimate of drug-likeness (QED) is 0.899. The van der Waals surface area contributed by atoms with Crippen molar-refractivity contribution in [3.8, 4) is 6.07 Å². The largest absolute Gasteiger partial charge is 0.316 e. The zero-order valence-electron chi connectivity index (χ0n) is 10.4. The van der Waals surface area contributed by atoms with E-state index in [0.717, 1.165) is 11.3 Å². The average Bonchev–Trinajstić information content (AvgIpc) is 2.86. The van der Waals surface area contributed by atoms with E-state index < -0.39 is 0 Å². The molecule has 0 radical (unpaired) electrons. The van der Waals surface area contributed by atoms with Gasteiger partial charge in [-0.3, -0.25) is 4.79 Å². The third-order valence-electron chi connectivity index (χ3n) is 2.43. The van der Waals surface area contributed by atoms with Crippen molar-refractivity contribution in [1.29, 1.82) is 5.26 Å². The van der Waals surface area contributed by atoms with Crippen LogP contribution in [0.25, 0.3) is 0 Å². The summed E-state index contributed by atoms with van der Waals surface area (Å²) in [5.41, 5.74) is 1.59. The predicted molar refractivity (Wildman–Crippen MR) is 85.3 cm³/mol. The first kappa shape index (κ1) is 14.9. The molecule has 20 heavy (non-hydrogen) atoms. The van der Waals surface area contributed by atoms with Crippen molar-refractivity contribution in [2.45, 2.75) is 5.75 Å². The number of anilines is 1. The zero-order chi connectivity index (χ0) is 14.4. The van der Waals surface area contributed by atoms with Crippen LogP contribution in [-0.2, 0) is 10.5 Å². The van der Waals surface area contributed by atoms with E-state index in [-0.39, 0.29) is 5.91 Å². The number of nitrogens with zero attached hydrogens (tertiary/aromatic N) is 1. The number of amides is 1. The number of halogens is 1. The number of nitrogens with one attached hydrogen (secondary N) is 1. The molecule has 0 aliphatic heterocycles. The van der Waals surface area contributed by atoms with E-state index in [1.165, 1.54) is 23.1 Å². The first-order chi connectivity index (χ1) is 9.69. The molecule has 1 amide bonds. The average molecular weight is 323 g/mol. The van der Waals surface area contributed by atoms with Crippen LogP contribution in [0, 0.1) is 11.3 Å². The minimum Gasteiger partial charge on any atom is -0.316 e. The fourth-order valence-electron chi connectivity index (χ4n) is 1.55. The van der Waals surface area contributed by atoms with Crippen LogP contribution in [-0.4, -0.2) is 11.7 Å². The molecule has 1 aromatic heterocycles. The summed E-state index contributed by atoms with van der Waals surface area (Å²) in [7, 11) is 0. The van der Waals surface area contributed by atoms with Gasteiger partial charge in [-0.15, -0.1) is 23.1 Å². The van der Waals surface area contributed by atoms with Crippen molar-refractivity contribution in [3.63, 3.8) is 0 Å². The van der Waals surface area contributed by atoms with Crippen molar-refractivity contribution in [2.75, 3.05) is 11.1 Å². The van der Waals surface area contributed by atoms with Crippen LogP contribution in [0.1, 0.15) is 11.1 Å². The lowest BCUT2D eigenvalue weighted by Gasteiger charge is -2.04. The summed E-state index contributed by atoms with van der Waals surface area (Å²) in [4.78, 5) is 11.8. The van der Waals surface area contributed by atoms with E-state index in [2.05, 4.69) is 5.32 Å². The Morgan fingerprint density at radius 3 is 3.05 bits per heavy atom. The Morgan fingerprint density at radius 1 is 1.45 bits per heavy atom. The van der Waals surface area contributed by atoms with Crippen LogP contribution in [0.5, 0.6) is 0 Å². The second kappa shape index (κ2) is 7.34. The van der Waals surface area contributed by atoms with Gasteiger partial charge in [-0.2, -0.15) is 5.26 Å². The van der Waals surface area contributed by atoms with E-state index in [1.54, 1.807) is 11.4 Å². The van der Waals surface area contributed by atoms with Crippen molar-refractivity contribution in [1.82, 2.24) is 0 Å². The van der Waals surface area contributed by atoms with Gasteiger partial charge in [0.1, 0.15) is 11.1 Å². The maximum absolute atomic E-state index is 11.8. The molecule has 6 heteroatoms. The second-order valence-corrected chi connectivity index (χ2v) is 6.28. The Kier molecular flexibility index (Phi) is 5.48. The monoisotopic (exact) mass is 322 g/mol. The van der Waals surface area contributed by atoms with E-state index >= 15 is 0 Å². The third-order valence-corrected chi connectivity index (χ3v) is 4.50. The lowest BCUT2D eigenvalue weighted by molar-refractivity contribution is -0.113. The Bertz CT molecular complexity index is 649. The first-order valence-corrected chi connectivity index (χ1v) is 8.20. The molecule has 1 heterocycles. The number of hydrogen-bond acceptors (Lipinski definition) is 4. The molecule has 0 aliphatic carbocycles. The summed E-state index contributed by atoms with van der Waals surface area (Å²) < 4.78 is 0. The molecule has 0 spiro atoms. The highest BCUT2D eigenvalue weighted by Gasteiger charge is 2.08. The van der Waals surface area contributed by atoms with Crippen LogP contribution >= 0.6 is 34.7 Å². The molecule has 0 fully saturated rings. The molecule has 2 aromatic rings. The van der Waals surface area contributed by atoms with Crippen LogP contribution in [0.4, 0.5) is 5.00 Å². The summed E-state index contributed by atoms with van der Waals surface area (Å²) in [6, 6.07) is 11.3. The first-order valence-electron chi connectivity index (χ1n) is 5.78. The normalized spacial score (nSPS) is 10.0. The third kappa shape index (κ3) is 4.27. The molecular formula is C14H11ClN2OS2. The number of nitriles is 1.